The SMILES string of the molecule is CCN1C(=O)C(NC(=O)c2cccc(C(F)(F)F)c2)C(c2ccc(F)cc2)/C(=C(/N)C(=O)NC(C)(C)C#N)C1=Nc1ccccc1. The summed E-state index contributed by atoms with van der Waals surface area (Å²) in [5.74, 6) is -4.53. The van der Waals surface area contributed by atoms with Crippen LogP contribution in [0.1, 0.15) is 48.2 Å². The maximum Gasteiger partial charge on any atom is 0.416 e. The quantitative estimate of drug-likeness (QED) is 0.249. The van der Waals surface area contributed by atoms with Gasteiger partial charge in [-0.1, -0.05) is 36.4 Å². The average Bonchev–Trinajstić information content (AvgIpc) is 3.02. The minimum absolute atomic E-state index is 0.0152. The molecule has 0 radical (unpaired) electrons. The number of aliphatic imine (C=N–C) groups is 1. The molecule has 2 atom stereocenters. The van der Waals surface area contributed by atoms with Crippen LogP contribution >= 0.6 is 0 Å². The molecule has 1 heterocycles. The van der Waals surface area contributed by atoms with E-state index in [4.69, 9.17) is 5.73 Å². The summed E-state index contributed by atoms with van der Waals surface area (Å²) in [5.41, 5.74) is 3.86. The van der Waals surface area contributed by atoms with E-state index in [0.717, 1.165) is 30.3 Å². The first-order valence-electron chi connectivity index (χ1n) is 14.1. The number of likely N-dealkylation sites (N-methyl/N-ethyl adjacent to an activating group) is 1. The van der Waals surface area contributed by atoms with Gasteiger partial charge in [-0.3, -0.25) is 19.3 Å². The first kappa shape index (κ1) is 33.4. The van der Waals surface area contributed by atoms with Gasteiger partial charge < -0.3 is 16.4 Å². The fourth-order valence-corrected chi connectivity index (χ4v) is 4.94. The summed E-state index contributed by atoms with van der Waals surface area (Å²) in [5, 5.41) is 14.6. The smallest absolute Gasteiger partial charge is 0.394 e. The van der Waals surface area contributed by atoms with Crippen LogP contribution in [-0.4, -0.2) is 46.6 Å². The van der Waals surface area contributed by atoms with Crippen LogP contribution in [0.2, 0.25) is 0 Å². The van der Waals surface area contributed by atoms with E-state index >= 15 is 0 Å². The second-order valence-corrected chi connectivity index (χ2v) is 10.9. The number of rotatable bonds is 7. The van der Waals surface area contributed by atoms with Crippen LogP contribution in [0.15, 0.2) is 95.1 Å². The van der Waals surface area contributed by atoms with E-state index in [9.17, 15) is 37.2 Å². The van der Waals surface area contributed by atoms with Crippen molar-refractivity contribution >= 4 is 29.2 Å². The van der Waals surface area contributed by atoms with Crippen LogP contribution in [0.4, 0.5) is 23.2 Å². The molecule has 2 unspecified atom stereocenters. The van der Waals surface area contributed by atoms with E-state index in [1.54, 1.807) is 37.3 Å². The number of para-hydroxylation sites is 1. The Morgan fingerprint density at radius 2 is 1.67 bits per heavy atom. The van der Waals surface area contributed by atoms with Crippen molar-refractivity contribution < 1.29 is 31.9 Å². The summed E-state index contributed by atoms with van der Waals surface area (Å²) in [7, 11) is 0. The number of nitrogens with zero attached hydrogens (tertiary/aromatic N) is 3. The van der Waals surface area contributed by atoms with Gasteiger partial charge in [0.25, 0.3) is 17.7 Å². The van der Waals surface area contributed by atoms with Crippen molar-refractivity contribution in [3.05, 3.63) is 113 Å². The highest BCUT2D eigenvalue weighted by Gasteiger charge is 2.47. The van der Waals surface area contributed by atoms with Gasteiger partial charge in [-0.15, -0.1) is 0 Å². The lowest BCUT2D eigenvalue weighted by atomic mass is 9.78. The maximum atomic E-state index is 14.2. The molecule has 3 aromatic rings. The molecule has 3 aromatic carbocycles. The van der Waals surface area contributed by atoms with E-state index in [-0.39, 0.29) is 29.1 Å². The Hall–Kier alpha value is -5.51. The van der Waals surface area contributed by atoms with Gasteiger partial charge in [0, 0.05) is 23.6 Å². The number of amidine groups is 1. The molecule has 4 N–H and O–H groups in total. The van der Waals surface area contributed by atoms with Gasteiger partial charge in [0.05, 0.1) is 17.3 Å². The number of alkyl halides is 3. The van der Waals surface area contributed by atoms with Crippen molar-refractivity contribution in [2.45, 2.75) is 44.4 Å². The number of nitrogens with one attached hydrogen (secondary N) is 2. The van der Waals surface area contributed by atoms with E-state index in [1.165, 1.54) is 30.9 Å². The monoisotopic (exact) mass is 634 g/mol. The molecular weight excluding hydrogens is 604 g/mol. The Morgan fingerprint density at radius 1 is 1.02 bits per heavy atom. The van der Waals surface area contributed by atoms with E-state index in [1.807, 2.05) is 6.07 Å². The first-order chi connectivity index (χ1) is 21.7. The molecule has 0 saturated carbocycles. The lowest BCUT2D eigenvalue weighted by molar-refractivity contribution is -0.137. The molecule has 13 heteroatoms. The average molecular weight is 635 g/mol. The molecule has 238 valence electrons. The molecule has 0 aromatic heterocycles. The van der Waals surface area contributed by atoms with Gasteiger partial charge >= 0.3 is 6.18 Å². The number of benzene rings is 3. The van der Waals surface area contributed by atoms with Gasteiger partial charge in [-0.05, 0) is 68.8 Å². The number of amides is 3. The number of likely N-dealkylation sites (tertiary alicyclic amines) is 1. The minimum Gasteiger partial charge on any atom is -0.394 e. The number of hydrogen-bond donors (Lipinski definition) is 3. The highest BCUT2D eigenvalue weighted by molar-refractivity contribution is 6.18. The maximum absolute atomic E-state index is 14.2. The lowest BCUT2D eigenvalue weighted by Gasteiger charge is -2.41. The van der Waals surface area contributed by atoms with Crippen molar-refractivity contribution in [3.8, 4) is 6.07 Å². The topological polar surface area (TPSA) is 141 Å². The number of hydrogen-bond acceptors (Lipinski definition) is 6. The second kappa shape index (κ2) is 13.2. The zero-order chi connectivity index (χ0) is 33.8. The largest absolute Gasteiger partial charge is 0.416 e. The first-order valence-corrected chi connectivity index (χ1v) is 14.1. The van der Waals surface area contributed by atoms with E-state index in [0.29, 0.717) is 11.8 Å². The Balaban J connectivity index is 1.97. The van der Waals surface area contributed by atoms with Gasteiger partial charge in [-0.2, -0.15) is 18.4 Å². The fourth-order valence-electron chi connectivity index (χ4n) is 4.94. The summed E-state index contributed by atoms with van der Waals surface area (Å²) in [6.45, 7) is 4.49. The molecule has 1 saturated heterocycles. The van der Waals surface area contributed by atoms with Crippen molar-refractivity contribution in [3.63, 3.8) is 0 Å². The number of nitriles is 1. The highest BCUT2D eigenvalue weighted by Crippen LogP contribution is 2.38. The van der Waals surface area contributed by atoms with Gasteiger partial charge in [0.2, 0.25) is 0 Å². The lowest BCUT2D eigenvalue weighted by Crippen LogP contribution is -2.59. The van der Waals surface area contributed by atoms with Crippen molar-refractivity contribution in [1.29, 1.82) is 5.26 Å². The Labute approximate surface area is 262 Å². The van der Waals surface area contributed by atoms with Gasteiger partial charge in [0.15, 0.2) is 0 Å². The Kier molecular flexibility index (Phi) is 9.60. The number of halogens is 4. The van der Waals surface area contributed by atoms with Gasteiger partial charge in [-0.25, -0.2) is 9.38 Å². The minimum atomic E-state index is -4.73. The third-order valence-corrected chi connectivity index (χ3v) is 7.19. The zero-order valence-corrected chi connectivity index (χ0v) is 25.0. The van der Waals surface area contributed by atoms with Crippen LogP contribution in [-0.2, 0) is 15.8 Å². The molecule has 4 rings (SSSR count). The van der Waals surface area contributed by atoms with E-state index in [2.05, 4.69) is 15.6 Å². The predicted octanol–water partition coefficient (Wildman–Crippen LogP) is 4.95. The fraction of sp³-hybridized carbons (Fsp3) is 0.242. The second-order valence-electron chi connectivity index (χ2n) is 10.9. The van der Waals surface area contributed by atoms with Crippen LogP contribution in [0, 0.1) is 17.1 Å². The van der Waals surface area contributed by atoms with Crippen LogP contribution in [0.25, 0.3) is 0 Å². The zero-order valence-electron chi connectivity index (χ0n) is 25.0. The number of carbonyl (C=O) groups excluding carboxylic acids is 3. The van der Waals surface area contributed by atoms with Crippen molar-refractivity contribution in [2.75, 3.05) is 6.54 Å². The molecule has 1 aliphatic heterocycles. The summed E-state index contributed by atoms with van der Waals surface area (Å²) in [6.07, 6.45) is -4.73. The van der Waals surface area contributed by atoms with Crippen molar-refractivity contribution in [1.82, 2.24) is 15.5 Å². The molecule has 3 amide bonds. The molecule has 1 aliphatic rings. The number of piperidine rings is 1. The Bertz CT molecular complexity index is 1750. The van der Waals surface area contributed by atoms with Gasteiger partial charge in [0.1, 0.15) is 28.9 Å². The molecule has 0 spiro atoms. The molecule has 9 nitrogen and oxygen atoms in total. The normalized spacial score (nSPS) is 19.0. The standard InChI is InChI=1S/C33H30F4N6O3/c1-4-43-28(40-23-11-6-5-7-12-23)25(26(39)30(45)42-32(2,3)18-38)24(19-13-15-22(34)16-14-19)27(31(43)46)41-29(44)20-9-8-10-21(17-20)33(35,36)37/h5-17,24,27H,4,39H2,1-3H3,(H,41,44)(H,42,45)/b26-25-,40-28?. The third kappa shape index (κ3) is 7.23. The third-order valence-electron chi connectivity index (χ3n) is 7.19. The number of nitrogens with two attached hydrogens (primary N) is 1. The highest BCUT2D eigenvalue weighted by atomic mass is 19.4. The summed E-state index contributed by atoms with van der Waals surface area (Å²) in [6, 6.07) is 17.4. The predicted molar refractivity (Wildman–Crippen MR) is 162 cm³/mol. The molecular formula is C33H30F4N6O3. The number of carbonyl (C=O) groups is 3. The molecule has 1 fully saturated rings. The molecule has 0 bridgehead atoms. The van der Waals surface area contributed by atoms with Crippen molar-refractivity contribution in [2.24, 2.45) is 10.7 Å². The molecule has 46 heavy (non-hydrogen) atoms. The molecule has 0 aliphatic carbocycles. The summed E-state index contributed by atoms with van der Waals surface area (Å²) >= 11 is 0. The van der Waals surface area contributed by atoms with Crippen LogP contribution in [0.3, 0.4) is 0 Å². The Morgan fingerprint density at radius 3 is 2.26 bits per heavy atom. The van der Waals surface area contributed by atoms with Crippen LogP contribution in [0.5, 0.6) is 0 Å². The summed E-state index contributed by atoms with van der Waals surface area (Å²) < 4.78 is 54.4. The van der Waals surface area contributed by atoms with Crippen LogP contribution < -0.4 is 16.4 Å². The summed E-state index contributed by atoms with van der Waals surface area (Å²) in [4.78, 5) is 47.0. The van der Waals surface area contributed by atoms with E-state index < -0.39 is 58.5 Å².